The van der Waals surface area contributed by atoms with E-state index in [2.05, 4.69) is 5.32 Å². The second kappa shape index (κ2) is 5.14. The zero-order valence-electron chi connectivity index (χ0n) is 10.9. The van der Waals surface area contributed by atoms with Crippen LogP contribution in [-0.2, 0) is 0 Å². The monoisotopic (exact) mass is 261 g/mol. The van der Waals surface area contributed by atoms with Gasteiger partial charge in [-0.05, 0) is 44.2 Å². The number of anilines is 2. The van der Waals surface area contributed by atoms with Crippen LogP contribution in [0.15, 0.2) is 36.5 Å². The quantitative estimate of drug-likeness (QED) is 0.892. The van der Waals surface area contributed by atoms with Gasteiger partial charge >= 0.3 is 0 Å². The smallest absolute Gasteiger partial charge is 0.272 e. The van der Waals surface area contributed by atoms with Gasteiger partial charge in [0.2, 0.25) is 0 Å². The number of nitrogen functional groups attached to an aromatic ring is 1. The Morgan fingerprint density at radius 1 is 1.32 bits per heavy atom. The van der Waals surface area contributed by atoms with Crippen molar-refractivity contribution >= 4 is 17.3 Å². The highest BCUT2D eigenvalue weighted by Gasteiger charge is 2.14. The molecule has 4 nitrogen and oxygen atoms in total. The number of halogens is 1. The van der Waals surface area contributed by atoms with Crippen LogP contribution in [0.5, 0.6) is 0 Å². The van der Waals surface area contributed by atoms with Gasteiger partial charge in [0.15, 0.2) is 0 Å². The number of amides is 1. The molecule has 0 fully saturated rings. The lowest BCUT2D eigenvalue weighted by Crippen LogP contribution is -2.17. The van der Waals surface area contributed by atoms with Crippen molar-refractivity contribution in [2.45, 2.75) is 19.9 Å². The highest BCUT2D eigenvalue weighted by atomic mass is 19.1. The minimum atomic E-state index is -0.340. The minimum Gasteiger partial charge on any atom is -0.397 e. The average Bonchev–Trinajstić information content (AvgIpc) is 2.74. The van der Waals surface area contributed by atoms with E-state index in [1.165, 1.54) is 24.3 Å². The van der Waals surface area contributed by atoms with Gasteiger partial charge in [-0.25, -0.2) is 4.39 Å². The molecule has 1 heterocycles. The third kappa shape index (κ3) is 2.93. The van der Waals surface area contributed by atoms with Gasteiger partial charge in [0.1, 0.15) is 11.5 Å². The normalized spacial score (nSPS) is 10.7. The second-order valence-corrected chi connectivity index (χ2v) is 4.62. The van der Waals surface area contributed by atoms with Gasteiger partial charge in [0, 0.05) is 17.9 Å². The van der Waals surface area contributed by atoms with Crippen molar-refractivity contribution in [2.75, 3.05) is 11.1 Å². The molecular formula is C14H16FN3O. The molecule has 5 heteroatoms. The van der Waals surface area contributed by atoms with Gasteiger partial charge < -0.3 is 15.6 Å². The lowest BCUT2D eigenvalue weighted by atomic mass is 10.3. The Kier molecular flexibility index (Phi) is 3.55. The van der Waals surface area contributed by atoms with E-state index in [4.69, 9.17) is 5.73 Å². The molecule has 3 N–H and O–H groups in total. The number of hydrogen-bond acceptors (Lipinski definition) is 2. The fourth-order valence-corrected chi connectivity index (χ4v) is 1.84. The summed E-state index contributed by atoms with van der Waals surface area (Å²) in [5.74, 6) is -0.607. The van der Waals surface area contributed by atoms with Gasteiger partial charge in [-0.2, -0.15) is 0 Å². The van der Waals surface area contributed by atoms with Gasteiger partial charge in [-0.1, -0.05) is 0 Å². The predicted molar refractivity (Wildman–Crippen MR) is 73.6 cm³/mol. The molecule has 0 radical (unpaired) electrons. The molecule has 0 saturated heterocycles. The number of carbonyl (C=O) groups excluding carboxylic acids is 1. The largest absolute Gasteiger partial charge is 0.397 e. The van der Waals surface area contributed by atoms with Crippen LogP contribution < -0.4 is 11.1 Å². The number of benzene rings is 1. The molecule has 0 spiro atoms. The molecule has 100 valence electrons. The van der Waals surface area contributed by atoms with Crippen LogP contribution in [0.4, 0.5) is 15.8 Å². The van der Waals surface area contributed by atoms with Gasteiger partial charge in [0.25, 0.3) is 5.91 Å². The molecule has 0 aliphatic rings. The molecule has 19 heavy (non-hydrogen) atoms. The Morgan fingerprint density at radius 2 is 1.95 bits per heavy atom. The minimum absolute atomic E-state index is 0.131. The number of aromatic nitrogens is 1. The molecule has 2 rings (SSSR count). The summed E-state index contributed by atoms with van der Waals surface area (Å²) >= 11 is 0. The summed E-state index contributed by atoms with van der Waals surface area (Å²) in [6.07, 6.45) is 1.73. The Morgan fingerprint density at radius 3 is 2.53 bits per heavy atom. The molecule has 1 aromatic heterocycles. The molecule has 2 aromatic rings. The number of rotatable bonds is 3. The van der Waals surface area contributed by atoms with E-state index < -0.39 is 0 Å². The number of hydrogen-bond donors (Lipinski definition) is 2. The van der Waals surface area contributed by atoms with Gasteiger partial charge in [0.05, 0.1) is 5.69 Å². The maximum atomic E-state index is 12.8. The van der Waals surface area contributed by atoms with Crippen molar-refractivity contribution in [3.8, 4) is 0 Å². The van der Waals surface area contributed by atoms with Crippen molar-refractivity contribution in [1.82, 2.24) is 4.57 Å². The molecule has 0 aliphatic carbocycles. The summed E-state index contributed by atoms with van der Waals surface area (Å²) < 4.78 is 14.6. The van der Waals surface area contributed by atoms with E-state index in [9.17, 15) is 9.18 Å². The topological polar surface area (TPSA) is 60.0 Å². The van der Waals surface area contributed by atoms with E-state index in [1.54, 1.807) is 16.8 Å². The van der Waals surface area contributed by atoms with E-state index in [0.29, 0.717) is 17.1 Å². The lowest BCUT2D eigenvalue weighted by Gasteiger charge is -2.12. The summed E-state index contributed by atoms with van der Waals surface area (Å²) in [6.45, 7) is 3.93. The number of nitrogens with zero attached hydrogens (tertiary/aromatic N) is 1. The summed E-state index contributed by atoms with van der Waals surface area (Å²) in [5, 5.41) is 2.71. The molecular weight excluding hydrogens is 245 g/mol. The summed E-state index contributed by atoms with van der Waals surface area (Å²) in [5.41, 5.74) is 7.28. The van der Waals surface area contributed by atoms with Crippen LogP contribution in [0.1, 0.15) is 30.4 Å². The van der Waals surface area contributed by atoms with Crippen LogP contribution in [0.2, 0.25) is 0 Å². The van der Waals surface area contributed by atoms with Crippen molar-refractivity contribution in [3.05, 3.63) is 48.0 Å². The van der Waals surface area contributed by atoms with Crippen molar-refractivity contribution < 1.29 is 9.18 Å². The van der Waals surface area contributed by atoms with Gasteiger partial charge in [-0.3, -0.25) is 4.79 Å². The Balaban J connectivity index is 2.22. The zero-order valence-corrected chi connectivity index (χ0v) is 10.9. The van der Waals surface area contributed by atoms with Crippen molar-refractivity contribution in [2.24, 2.45) is 0 Å². The highest BCUT2D eigenvalue weighted by molar-refractivity contribution is 6.03. The first-order valence-corrected chi connectivity index (χ1v) is 6.01. The van der Waals surface area contributed by atoms with Crippen LogP contribution in [0, 0.1) is 5.82 Å². The Bertz CT molecular complexity index is 587. The van der Waals surface area contributed by atoms with Crippen LogP contribution >= 0.6 is 0 Å². The third-order valence-corrected chi connectivity index (χ3v) is 2.76. The molecule has 0 saturated carbocycles. The number of carbonyl (C=O) groups is 1. The summed E-state index contributed by atoms with van der Waals surface area (Å²) in [4.78, 5) is 12.2. The number of nitrogens with two attached hydrogens (primary N) is 1. The van der Waals surface area contributed by atoms with Crippen LogP contribution in [0.3, 0.4) is 0 Å². The second-order valence-electron chi connectivity index (χ2n) is 4.62. The van der Waals surface area contributed by atoms with Crippen LogP contribution in [0.25, 0.3) is 0 Å². The van der Waals surface area contributed by atoms with Gasteiger partial charge in [-0.15, -0.1) is 0 Å². The molecule has 0 unspecified atom stereocenters. The average molecular weight is 261 g/mol. The lowest BCUT2D eigenvalue weighted by molar-refractivity contribution is 0.101. The molecule has 1 amide bonds. The maximum Gasteiger partial charge on any atom is 0.272 e. The first kappa shape index (κ1) is 13.1. The fourth-order valence-electron chi connectivity index (χ4n) is 1.84. The molecule has 0 bridgehead atoms. The third-order valence-electron chi connectivity index (χ3n) is 2.76. The van der Waals surface area contributed by atoms with Crippen LogP contribution in [-0.4, -0.2) is 10.5 Å². The maximum absolute atomic E-state index is 12.8. The highest BCUT2D eigenvalue weighted by Crippen LogP contribution is 2.18. The van der Waals surface area contributed by atoms with E-state index >= 15 is 0 Å². The zero-order chi connectivity index (χ0) is 14.0. The fraction of sp³-hybridized carbons (Fsp3) is 0.214. The Labute approximate surface area is 111 Å². The van der Waals surface area contributed by atoms with Crippen molar-refractivity contribution in [1.29, 1.82) is 0 Å². The first-order valence-electron chi connectivity index (χ1n) is 6.01. The SMILES string of the molecule is CC(C)n1cc(N)cc1C(=O)Nc1ccc(F)cc1. The summed E-state index contributed by atoms with van der Waals surface area (Å²) in [7, 11) is 0. The predicted octanol–water partition coefficient (Wildman–Crippen LogP) is 3.04. The van der Waals surface area contributed by atoms with E-state index in [-0.39, 0.29) is 17.8 Å². The Hall–Kier alpha value is -2.30. The number of nitrogens with one attached hydrogen (secondary N) is 1. The van der Waals surface area contributed by atoms with E-state index in [0.717, 1.165) is 0 Å². The molecule has 0 aliphatic heterocycles. The summed E-state index contributed by atoms with van der Waals surface area (Å²) in [6, 6.07) is 7.38. The van der Waals surface area contributed by atoms with E-state index in [1.807, 2.05) is 13.8 Å². The molecule has 1 aromatic carbocycles. The first-order chi connectivity index (χ1) is 8.97. The molecule has 0 atom stereocenters. The van der Waals surface area contributed by atoms with Crippen molar-refractivity contribution in [3.63, 3.8) is 0 Å². The standard InChI is InChI=1S/C14H16FN3O/c1-9(2)18-8-11(16)7-13(18)14(19)17-12-5-3-10(15)4-6-12/h3-9H,16H2,1-2H3,(H,17,19).